The molecule has 0 amide bonds. The maximum absolute atomic E-state index is 4.08. The van der Waals surface area contributed by atoms with Crippen LogP contribution >= 0.6 is 12.6 Å². The van der Waals surface area contributed by atoms with Crippen LogP contribution in [0, 0.1) is 0 Å². The van der Waals surface area contributed by atoms with Crippen LogP contribution in [0.2, 0.25) is 0 Å². The van der Waals surface area contributed by atoms with Crippen molar-refractivity contribution in [2.75, 3.05) is 0 Å². The Kier molecular flexibility index (Phi) is 5.17. The molecule has 0 atom stereocenters. The summed E-state index contributed by atoms with van der Waals surface area (Å²) in [6.45, 7) is 0. The van der Waals surface area contributed by atoms with Crippen molar-refractivity contribution in [3.05, 3.63) is 30.3 Å². The van der Waals surface area contributed by atoms with Crippen molar-refractivity contribution < 1.29 is 0 Å². The molecule has 8 heavy (non-hydrogen) atoms. The Morgan fingerprint density at radius 2 is 1.50 bits per heavy atom. The van der Waals surface area contributed by atoms with Crippen molar-refractivity contribution in [2.45, 2.75) is 4.90 Å². The Morgan fingerprint density at radius 1 is 1.00 bits per heavy atom. The van der Waals surface area contributed by atoms with Gasteiger partial charge in [0.25, 0.3) is 0 Å². The molecule has 0 fully saturated rings. The van der Waals surface area contributed by atoms with Gasteiger partial charge < -0.3 is 0 Å². The van der Waals surface area contributed by atoms with Gasteiger partial charge in [-0.05, 0) is 12.1 Å². The molecule has 0 spiro atoms. The molecule has 0 saturated carbocycles. The van der Waals surface area contributed by atoms with Crippen LogP contribution in [-0.4, -0.2) is 37.7 Å². The van der Waals surface area contributed by atoms with Gasteiger partial charge in [-0.25, -0.2) is 0 Å². The SMILES string of the molecule is Sc1ccccc1.[CaH2]. The van der Waals surface area contributed by atoms with E-state index in [2.05, 4.69) is 12.6 Å². The summed E-state index contributed by atoms with van der Waals surface area (Å²) in [5, 5.41) is 0. The monoisotopic (exact) mass is 152 g/mol. The summed E-state index contributed by atoms with van der Waals surface area (Å²) < 4.78 is 0. The quantitative estimate of drug-likeness (QED) is 0.417. The first-order valence-corrected chi connectivity index (χ1v) is 2.58. The van der Waals surface area contributed by atoms with Gasteiger partial charge in [0.2, 0.25) is 0 Å². The zero-order valence-electron chi connectivity index (χ0n) is 3.83. The van der Waals surface area contributed by atoms with E-state index in [0.29, 0.717) is 0 Å². The molecule has 0 N–H and O–H groups in total. The van der Waals surface area contributed by atoms with Gasteiger partial charge in [-0.15, -0.1) is 12.6 Å². The molecule has 0 aliphatic rings. The van der Waals surface area contributed by atoms with Crippen LogP contribution in [0.1, 0.15) is 0 Å². The van der Waals surface area contributed by atoms with Crippen LogP contribution in [0.25, 0.3) is 0 Å². The van der Waals surface area contributed by atoms with Gasteiger partial charge in [-0.2, -0.15) is 0 Å². The first-order chi connectivity index (χ1) is 3.39. The molecule has 0 saturated heterocycles. The Morgan fingerprint density at radius 3 is 1.75 bits per heavy atom. The second-order valence-electron chi connectivity index (χ2n) is 1.34. The molecule has 1 aromatic rings. The first-order valence-electron chi connectivity index (χ1n) is 2.13. The van der Waals surface area contributed by atoms with Crippen LogP contribution in [0.3, 0.4) is 0 Å². The van der Waals surface area contributed by atoms with Gasteiger partial charge in [0.05, 0.1) is 0 Å². The van der Waals surface area contributed by atoms with E-state index in [1.54, 1.807) is 0 Å². The predicted molar refractivity (Wildman–Crippen MR) is 42.2 cm³/mol. The molecule has 0 nitrogen and oxygen atoms in total. The van der Waals surface area contributed by atoms with Crippen LogP contribution < -0.4 is 0 Å². The van der Waals surface area contributed by atoms with Crippen LogP contribution in [-0.2, 0) is 0 Å². The van der Waals surface area contributed by atoms with E-state index >= 15 is 0 Å². The number of thiol groups is 1. The summed E-state index contributed by atoms with van der Waals surface area (Å²) in [6, 6.07) is 9.79. The number of rotatable bonds is 0. The molecule has 40 valence electrons. The molecule has 0 bridgehead atoms. The molecule has 0 aliphatic heterocycles. The fraction of sp³-hybridized carbons (Fsp3) is 0. The minimum atomic E-state index is 0. The van der Waals surface area contributed by atoms with Crippen LogP contribution in [0.5, 0.6) is 0 Å². The normalized spacial score (nSPS) is 7.62. The van der Waals surface area contributed by atoms with E-state index in [9.17, 15) is 0 Å². The summed E-state index contributed by atoms with van der Waals surface area (Å²) >= 11 is 4.08. The molecule has 1 aromatic carbocycles. The van der Waals surface area contributed by atoms with E-state index in [-0.39, 0.29) is 37.7 Å². The molecule has 2 heteroatoms. The van der Waals surface area contributed by atoms with Crippen LogP contribution in [0.15, 0.2) is 35.2 Å². The number of hydrogen-bond acceptors (Lipinski definition) is 1. The van der Waals surface area contributed by atoms with Gasteiger partial charge in [0.1, 0.15) is 0 Å². The molecule has 1 rings (SSSR count). The molecule has 0 unspecified atom stereocenters. The van der Waals surface area contributed by atoms with Crippen LogP contribution in [0.4, 0.5) is 0 Å². The van der Waals surface area contributed by atoms with Gasteiger partial charge in [0.15, 0.2) is 0 Å². The van der Waals surface area contributed by atoms with Crippen molar-refractivity contribution in [3.63, 3.8) is 0 Å². The summed E-state index contributed by atoms with van der Waals surface area (Å²) in [5.41, 5.74) is 0. The number of hydrogen-bond donors (Lipinski definition) is 1. The van der Waals surface area contributed by atoms with Crippen molar-refractivity contribution in [1.29, 1.82) is 0 Å². The number of benzene rings is 1. The molecular weight excluding hydrogens is 144 g/mol. The first kappa shape index (κ1) is 8.83. The molecule has 0 radical (unpaired) electrons. The standard InChI is InChI=1S/C6H6S.Ca.2H/c7-6-4-2-1-3-5-6;;;/h1-5,7H;;;. The van der Waals surface area contributed by atoms with E-state index in [4.69, 9.17) is 0 Å². The summed E-state index contributed by atoms with van der Waals surface area (Å²) in [4.78, 5) is 1.02. The predicted octanol–water partition coefficient (Wildman–Crippen LogP) is 1.06. The van der Waals surface area contributed by atoms with Crippen molar-refractivity contribution >= 4 is 50.4 Å². The average Bonchev–Trinajstić information content (AvgIpc) is 1.69. The minimum absolute atomic E-state index is 0. The Labute approximate surface area is 84.7 Å². The second kappa shape index (κ2) is 4.68. The third-order valence-electron chi connectivity index (χ3n) is 0.756. The topological polar surface area (TPSA) is 0 Å². The fourth-order valence-corrected chi connectivity index (χ4v) is 0.600. The molecular formula is C6H8CaS. The Balaban J connectivity index is 0.000000490. The van der Waals surface area contributed by atoms with Crippen molar-refractivity contribution in [3.8, 4) is 0 Å². The Bertz CT molecular complexity index is 138. The summed E-state index contributed by atoms with van der Waals surface area (Å²) in [7, 11) is 0. The van der Waals surface area contributed by atoms with Gasteiger partial charge in [0, 0.05) is 4.90 Å². The van der Waals surface area contributed by atoms with Crippen molar-refractivity contribution in [1.82, 2.24) is 0 Å². The maximum atomic E-state index is 4.08. The second-order valence-corrected chi connectivity index (χ2v) is 1.85. The fourth-order valence-electron chi connectivity index (χ4n) is 0.428. The summed E-state index contributed by atoms with van der Waals surface area (Å²) in [6.07, 6.45) is 0. The average molecular weight is 152 g/mol. The third-order valence-corrected chi connectivity index (χ3v) is 1.05. The van der Waals surface area contributed by atoms with Gasteiger partial charge in [-0.1, -0.05) is 18.2 Å². The summed E-state index contributed by atoms with van der Waals surface area (Å²) in [5.74, 6) is 0. The zero-order valence-corrected chi connectivity index (χ0v) is 4.73. The van der Waals surface area contributed by atoms with E-state index in [1.165, 1.54) is 0 Å². The van der Waals surface area contributed by atoms with Gasteiger partial charge in [-0.3, -0.25) is 0 Å². The molecule has 0 aromatic heterocycles. The Hall–Kier alpha value is 0.830. The van der Waals surface area contributed by atoms with E-state index in [1.807, 2.05) is 30.3 Å². The molecule has 0 heterocycles. The zero-order chi connectivity index (χ0) is 5.11. The van der Waals surface area contributed by atoms with E-state index < -0.39 is 0 Å². The van der Waals surface area contributed by atoms with Gasteiger partial charge >= 0.3 is 37.7 Å². The van der Waals surface area contributed by atoms with E-state index in [0.717, 1.165) is 4.90 Å². The molecule has 0 aliphatic carbocycles. The third kappa shape index (κ3) is 2.98. The van der Waals surface area contributed by atoms with Crippen molar-refractivity contribution in [2.24, 2.45) is 0 Å².